The summed E-state index contributed by atoms with van der Waals surface area (Å²) in [6.07, 6.45) is 1.28. The lowest BCUT2D eigenvalue weighted by atomic mass is 10.2. The highest BCUT2D eigenvalue weighted by atomic mass is 79.9. The Morgan fingerprint density at radius 3 is 2.48 bits per heavy atom. The largest absolute Gasteiger partial charge is 0.454 e. The van der Waals surface area contributed by atoms with E-state index in [0.29, 0.717) is 17.2 Å². The van der Waals surface area contributed by atoms with Gasteiger partial charge in [-0.1, -0.05) is 22.5 Å². The molecule has 0 radical (unpaired) electrons. The van der Waals surface area contributed by atoms with Crippen molar-refractivity contribution in [3.05, 3.63) is 59.6 Å². The number of carbonyl (C=O) groups is 1. The Kier molecular flexibility index (Phi) is 3.66. The van der Waals surface area contributed by atoms with Gasteiger partial charge in [-0.3, -0.25) is 9.69 Å². The van der Waals surface area contributed by atoms with Crippen LogP contribution in [0.1, 0.15) is 0 Å². The Labute approximate surface area is 130 Å². The molecule has 1 aliphatic rings. The van der Waals surface area contributed by atoms with Crippen molar-refractivity contribution in [2.75, 3.05) is 11.7 Å². The van der Waals surface area contributed by atoms with Crippen LogP contribution in [-0.4, -0.2) is 12.7 Å². The summed E-state index contributed by atoms with van der Waals surface area (Å²) in [6, 6.07) is 12.9. The summed E-state index contributed by atoms with van der Waals surface area (Å²) in [7, 11) is 0. The van der Waals surface area contributed by atoms with E-state index in [1.807, 2.05) is 30.3 Å². The second-order valence-electron chi connectivity index (χ2n) is 4.39. The van der Waals surface area contributed by atoms with Gasteiger partial charge in [-0.2, -0.15) is 0 Å². The molecule has 5 heteroatoms. The number of benzene rings is 2. The highest BCUT2D eigenvalue weighted by Gasteiger charge is 2.20. The van der Waals surface area contributed by atoms with Crippen molar-refractivity contribution in [1.82, 2.24) is 0 Å². The molecular weight excluding hydrogens is 334 g/mol. The summed E-state index contributed by atoms with van der Waals surface area (Å²) in [5.41, 5.74) is 1.45. The molecule has 1 aliphatic heterocycles. The minimum atomic E-state index is -0.212. The normalized spacial score (nSPS) is 12.0. The number of rotatable bonds is 3. The number of ether oxygens (including phenoxy) is 2. The minimum Gasteiger partial charge on any atom is -0.454 e. The third kappa shape index (κ3) is 2.64. The van der Waals surface area contributed by atoms with Crippen LogP contribution in [0.4, 0.5) is 11.4 Å². The van der Waals surface area contributed by atoms with Crippen molar-refractivity contribution in [3.63, 3.8) is 0 Å². The van der Waals surface area contributed by atoms with Crippen LogP contribution >= 0.6 is 15.9 Å². The quantitative estimate of drug-likeness (QED) is 0.788. The predicted molar refractivity (Wildman–Crippen MR) is 84.1 cm³/mol. The molecule has 0 aromatic heterocycles. The van der Waals surface area contributed by atoms with Crippen molar-refractivity contribution >= 4 is 33.2 Å². The van der Waals surface area contributed by atoms with Gasteiger partial charge in [0.25, 0.3) is 5.91 Å². The van der Waals surface area contributed by atoms with E-state index in [1.165, 1.54) is 6.08 Å². The molecule has 4 nitrogen and oxygen atoms in total. The van der Waals surface area contributed by atoms with Crippen LogP contribution in [0, 0.1) is 0 Å². The number of hydrogen-bond acceptors (Lipinski definition) is 3. The van der Waals surface area contributed by atoms with Crippen LogP contribution in [-0.2, 0) is 4.79 Å². The zero-order valence-electron chi connectivity index (χ0n) is 11.1. The maximum Gasteiger partial charge on any atom is 0.254 e. The Balaban J connectivity index is 2.05. The van der Waals surface area contributed by atoms with Crippen LogP contribution in [0.5, 0.6) is 11.5 Å². The van der Waals surface area contributed by atoms with Crippen molar-refractivity contribution in [3.8, 4) is 11.5 Å². The predicted octanol–water partition coefficient (Wildman–Crippen LogP) is 4.03. The first-order valence-electron chi connectivity index (χ1n) is 6.31. The van der Waals surface area contributed by atoms with Gasteiger partial charge in [0.15, 0.2) is 11.5 Å². The van der Waals surface area contributed by atoms with Crippen molar-refractivity contribution in [2.24, 2.45) is 0 Å². The van der Waals surface area contributed by atoms with Gasteiger partial charge in [0.05, 0.1) is 5.69 Å². The monoisotopic (exact) mass is 345 g/mol. The molecule has 106 valence electrons. The molecule has 2 aromatic carbocycles. The van der Waals surface area contributed by atoms with Crippen molar-refractivity contribution < 1.29 is 14.3 Å². The van der Waals surface area contributed by atoms with Crippen LogP contribution in [0.2, 0.25) is 0 Å². The molecule has 0 saturated heterocycles. The first kappa shape index (κ1) is 13.7. The van der Waals surface area contributed by atoms with E-state index in [9.17, 15) is 4.79 Å². The van der Waals surface area contributed by atoms with Gasteiger partial charge < -0.3 is 9.47 Å². The maximum absolute atomic E-state index is 12.2. The Bertz CT molecular complexity index is 697. The summed E-state index contributed by atoms with van der Waals surface area (Å²) in [5, 5.41) is 0. The summed E-state index contributed by atoms with van der Waals surface area (Å²) in [6.45, 7) is 3.77. The Morgan fingerprint density at radius 1 is 1.10 bits per heavy atom. The maximum atomic E-state index is 12.2. The average Bonchev–Trinajstić information content (AvgIpc) is 2.97. The van der Waals surface area contributed by atoms with Gasteiger partial charge in [-0.25, -0.2) is 0 Å². The van der Waals surface area contributed by atoms with E-state index in [0.717, 1.165) is 10.2 Å². The molecule has 3 rings (SSSR count). The fourth-order valence-electron chi connectivity index (χ4n) is 2.11. The average molecular weight is 346 g/mol. The molecule has 1 heterocycles. The zero-order chi connectivity index (χ0) is 14.8. The zero-order valence-corrected chi connectivity index (χ0v) is 12.7. The molecular formula is C16H12BrNO3. The number of halogens is 1. The minimum absolute atomic E-state index is 0.201. The first-order chi connectivity index (χ1) is 10.2. The lowest BCUT2D eigenvalue weighted by Gasteiger charge is -2.21. The van der Waals surface area contributed by atoms with Crippen LogP contribution in [0.25, 0.3) is 0 Å². The Hall–Kier alpha value is -2.27. The summed E-state index contributed by atoms with van der Waals surface area (Å²) >= 11 is 3.39. The highest BCUT2D eigenvalue weighted by molar-refractivity contribution is 9.10. The smallest absolute Gasteiger partial charge is 0.254 e. The van der Waals surface area contributed by atoms with Crippen LogP contribution in [0.15, 0.2) is 59.6 Å². The van der Waals surface area contributed by atoms with E-state index < -0.39 is 0 Å². The van der Waals surface area contributed by atoms with Gasteiger partial charge >= 0.3 is 0 Å². The Morgan fingerprint density at radius 2 is 1.76 bits per heavy atom. The molecule has 0 saturated carbocycles. The van der Waals surface area contributed by atoms with Gasteiger partial charge in [0, 0.05) is 16.2 Å². The molecule has 1 amide bonds. The molecule has 0 N–H and O–H groups in total. The number of anilines is 2. The molecule has 0 fully saturated rings. The van der Waals surface area contributed by atoms with Crippen LogP contribution < -0.4 is 14.4 Å². The van der Waals surface area contributed by atoms with E-state index >= 15 is 0 Å². The molecule has 0 aliphatic carbocycles. The SMILES string of the molecule is C=CC(=O)N(c1ccc(Br)cc1)c1ccc2c(c1)OCO2. The standard InChI is InChI=1S/C16H12BrNO3/c1-2-16(19)18(12-5-3-11(17)4-6-12)13-7-8-14-15(9-13)21-10-20-14/h2-9H,1,10H2. The highest BCUT2D eigenvalue weighted by Crippen LogP contribution is 2.37. The number of carbonyl (C=O) groups excluding carboxylic acids is 1. The second-order valence-corrected chi connectivity index (χ2v) is 5.31. The number of nitrogens with zero attached hydrogens (tertiary/aromatic N) is 1. The van der Waals surface area contributed by atoms with E-state index in [-0.39, 0.29) is 12.7 Å². The van der Waals surface area contributed by atoms with Crippen LogP contribution in [0.3, 0.4) is 0 Å². The fraction of sp³-hybridized carbons (Fsp3) is 0.0625. The molecule has 21 heavy (non-hydrogen) atoms. The third-order valence-electron chi connectivity index (χ3n) is 3.09. The molecule has 0 bridgehead atoms. The van der Waals surface area contributed by atoms with E-state index in [1.54, 1.807) is 17.0 Å². The molecule has 2 aromatic rings. The first-order valence-corrected chi connectivity index (χ1v) is 7.10. The van der Waals surface area contributed by atoms with E-state index in [4.69, 9.17) is 9.47 Å². The van der Waals surface area contributed by atoms with E-state index in [2.05, 4.69) is 22.5 Å². The molecule has 0 atom stereocenters. The fourth-order valence-corrected chi connectivity index (χ4v) is 2.37. The molecule has 0 spiro atoms. The van der Waals surface area contributed by atoms with Gasteiger partial charge in [0.2, 0.25) is 6.79 Å². The number of hydrogen-bond donors (Lipinski definition) is 0. The van der Waals surface area contributed by atoms with Gasteiger partial charge in [-0.05, 0) is 42.5 Å². The second kappa shape index (κ2) is 5.61. The summed E-state index contributed by atoms with van der Waals surface area (Å²) in [5.74, 6) is 1.10. The third-order valence-corrected chi connectivity index (χ3v) is 3.62. The van der Waals surface area contributed by atoms with Crippen molar-refractivity contribution in [1.29, 1.82) is 0 Å². The lowest BCUT2D eigenvalue weighted by molar-refractivity contribution is -0.113. The topological polar surface area (TPSA) is 38.8 Å². The lowest BCUT2D eigenvalue weighted by Crippen LogP contribution is -2.23. The summed E-state index contributed by atoms with van der Waals surface area (Å²) < 4.78 is 11.6. The summed E-state index contributed by atoms with van der Waals surface area (Å²) in [4.78, 5) is 13.8. The molecule has 0 unspecified atom stereocenters. The van der Waals surface area contributed by atoms with Gasteiger partial charge in [0.1, 0.15) is 0 Å². The van der Waals surface area contributed by atoms with Crippen molar-refractivity contribution in [2.45, 2.75) is 0 Å². The van der Waals surface area contributed by atoms with Gasteiger partial charge in [-0.15, -0.1) is 0 Å². The number of amides is 1. The number of fused-ring (bicyclic) bond motifs is 1.